The maximum absolute atomic E-state index is 12.0. The number of alkyl halides is 3. The number of urea groups is 1. The van der Waals surface area contributed by atoms with Gasteiger partial charge in [-0.3, -0.25) is 0 Å². The first-order valence-electron chi connectivity index (χ1n) is 5.75. The molecule has 2 amide bonds. The van der Waals surface area contributed by atoms with E-state index in [9.17, 15) is 27.9 Å². The third-order valence-electron chi connectivity index (χ3n) is 2.56. The maximum atomic E-state index is 12.0. The van der Waals surface area contributed by atoms with Gasteiger partial charge >= 0.3 is 18.2 Å². The Labute approximate surface area is 117 Å². The molecule has 0 unspecified atom stereocenters. The van der Waals surface area contributed by atoms with Crippen molar-refractivity contribution in [1.29, 1.82) is 0 Å². The van der Waals surface area contributed by atoms with Crippen LogP contribution in [0.5, 0.6) is 5.75 Å². The van der Waals surface area contributed by atoms with Crippen molar-refractivity contribution in [3.63, 3.8) is 0 Å². The van der Waals surface area contributed by atoms with Gasteiger partial charge in [-0.15, -0.1) is 0 Å². The van der Waals surface area contributed by atoms with Crippen molar-refractivity contribution in [2.24, 2.45) is 0 Å². The predicted octanol–water partition coefficient (Wildman–Crippen LogP) is 2.51. The van der Waals surface area contributed by atoms with Gasteiger partial charge in [-0.25, -0.2) is 9.59 Å². The number of hydrogen-bond donors (Lipinski definition) is 3. The van der Waals surface area contributed by atoms with Crippen LogP contribution in [0.25, 0.3) is 0 Å². The fourth-order valence-corrected chi connectivity index (χ4v) is 1.38. The first kappa shape index (κ1) is 16.6. The number of anilines is 1. The molecule has 1 aromatic rings. The van der Waals surface area contributed by atoms with E-state index in [0.717, 1.165) is 23.1 Å². The lowest BCUT2D eigenvalue weighted by molar-refractivity contribution is -0.135. The Kier molecular flexibility index (Phi) is 5.01. The van der Waals surface area contributed by atoms with Gasteiger partial charge in [0.25, 0.3) is 0 Å². The number of carboxylic acids is 1. The monoisotopic (exact) mass is 306 g/mol. The number of aromatic carboxylic acids is 1. The molecular weight excluding hydrogens is 293 g/mol. The van der Waals surface area contributed by atoms with Gasteiger partial charge in [0.15, 0.2) is 0 Å². The molecule has 1 aromatic carbocycles. The molecule has 6 nitrogen and oxygen atoms in total. The average Bonchev–Trinajstić information content (AvgIpc) is 2.37. The molecule has 3 N–H and O–H groups in total. The van der Waals surface area contributed by atoms with Crippen LogP contribution in [0.1, 0.15) is 16.8 Å². The summed E-state index contributed by atoms with van der Waals surface area (Å²) in [7, 11) is 1.17. The van der Waals surface area contributed by atoms with Gasteiger partial charge in [-0.1, -0.05) is 0 Å². The second-order valence-corrected chi connectivity index (χ2v) is 4.25. The Bertz CT molecular complexity index is 546. The molecule has 116 valence electrons. The lowest BCUT2D eigenvalue weighted by Gasteiger charge is -2.19. The minimum absolute atomic E-state index is 0.0936. The second-order valence-electron chi connectivity index (χ2n) is 4.25. The summed E-state index contributed by atoms with van der Waals surface area (Å²) in [5.41, 5.74) is -0.278. The number of nitrogens with one attached hydrogen (secondary N) is 1. The molecule has 0 spiro atoms. The Balaban J connectivity index is 2.68. The van der Waals surface area contributed by atoms with Crippen molar-refractivity contribution in [1.82, 2.24) is 4.90 Å². The molecule has 0 fully saturated rings. The van der Waals surface area contributed by atoms with E-state index in [-0.39, 0.29) is 11.3 Å². The molecule has 0 bridgehead atoms. The van der Waals surface area contributed by atoms with E-state index in [2.05, 4.69) is 5.32 Å². The number of amides is 2. The van der Waals surface area contributed by atoms with Gasteiger partial charge in [0.05, 0.1) is 17.7 Å². The van der Waals surface area contributed by atoms with Crippen molar-refractivity contribution < 1.29 is 33.0 Å². The van der Waals surface area contributed by atoms with Crippen LogP contribution in [0.15, 0.2) is 18.2 Å². The molecule has 0 aliphatic carbocycles. The highest BCUT2D eigenvalue weighted by atomic mass is 19.4. The zero-order valence-electron chi connectivity index (χ0n) is 10.9. The highest BCUT2D eigenvalue weighted by molar-refractivity contribution is 5.93. The number of carbonyl (C=O) groups excluding carboxylic acids is 1. The van der Waals surface area contributed by atoms with Crippen LogP contribution >= 0.6 is 0 Å². The summed E-state index contributed by atoms with van der Waals surface area (Å²) in [5, 5.41) is 20.4. The molecule has 0 saturated carbocycles. The Hall–Kier alpha value is -2.45. The van der Waals surface area contributed by atoms with Crippen molar-refractivity contribution >= 4 is 17.7 Å². The number of nitrogens with zero attached hydrogens (tertiary/aromatic N) is 1. The highest BCUT2D eigenvalue weighted by Crippen LogP contribution is 2.25. The largest absolute Gasteiger partial charge is 0.506 e. The van der Waals surface area contributed by atoms with E-state index in [1.807, 2.05) is 0 Å². The van der Waals surface area contributed by atoms with Crippen molar-refractivity contribution in [2.45, 2.75) is 12.6 Å². The van der Waals surface area contributed by atoms with E-state index in [1.54, 1.807) is 0 Å². The molecule has 9 heteroatoms. The number of phenols is 1. The van der Waals surface area contributed by atoms with Crippen molar-refractivity contribution in [3.8, 4) is 5.75 Å². The first-order valence-corrected chi connectivity index (χ1v) is 5.75. The normalized spacial score (nSPS) is 11.0. The smallest absolute Gasteiger partial charge is 0.390 e. The van der Waals surface area contributed by atoms with E-state index in [0.29, 0.717) is 0 Å². The zero-order valence-corrected chi connectivity index (χ0v) is 10.9. The number of carboxylic acid groups (broad SMARTS) is 1. The summed E-state index contributed by atoms with van der Waals surface area (Å²) in [6.07, 6.45) is -5.53. The van der Waals surface area contributed by atoms with Crippen molar-refractivity contribution in [2.75, 3.05) is 18.9 Å². The highest BCUT2D eigenvalue weighted by Gasteiger charge is 2.28. The second kappa shape index (κ2) is 6.33. The van der Waals surface area contributed by atoms with Gasteiger partial charge < -0.3 is 20.4 Å². The summed E-state index contributed by atoms with van der Waals surface area (Å²) in [6, 6.07) is 2.37. The molecule has 21 heavy (non-hydrogen) atoms. The van der Waals surface area contributed by atoms with Gasteiger partial charge in [0.1, 0.15) is 5.75 Å². The fourth-order valence-electron chi connectivity index (χ4n) is 1.38. The molecule has 0 saturated heterocycles. The van der Waals surface area contributed by atoms with Gasteiger partial charge in [-0.05, 0) is 18.2 Å². The van der Waals surface area contributed by atoms with Gasteiger partial charge in [0, 0.05) is 13.6 Å². The SMILES string of the molecule is CN(CCC(F)(F)F)C(=O)Nc1ccc(C(=O)O)cc1O. The predicted molar refractivity (Wildman–Crippen MR) is 67.4 cm³/mol. The third-order valence-corrected chi connectivity index (χ3v) is 2.56. The number of aromatic hydroxyl groups is 1. The van der Waals surface area contributed by atoms with E-state index >= 15 is 0 Å². The van der Waals surface area contributed by atoms with E-state index in [1.165, 1.54) is 7.05 Å². The molecule has 0 radical (unpaired) electrons. The average molecular weight is 306 g/mol. The summed E-state index contributed by atoms with van der Waals surface area (Å²) in [5.74, 6) is -1.75. The molecule has 0 atom stereocenters. The quantitative estimate of drug-likeness (QED) is 0.746. The zero-order chi connectivity index (χ0) is 16.2. The van der Waals surface area contributed by atoms with Crippen LogP contribution in [0.2, 0.25) is 0 Å². The lowest BCUT2D eigenvalue weighted by atomic mass is 10.2. The summed E-state index contributed by atoms with van der Waals surface area (Å²) >= 11 is 0. The minimum atomic E-state index is -4.38. The van der Waals surface area contributed by atoms with E-state index < -0.39 is 36.9 Å². The number of phenolic OH excluding ortho intramolecular Hbond substituents is 1. The summed E-state index contributed by atoms with van der Waals surface area (Å²) in [6.45, 7) is -0.538. The molecule has 0 aliphatic heterocycles. The Morgan fingerprint density at radius 2 is 1.95 bits per heavy atom. The third kappa shape index (κ3) is 5.21. The fraction of sp³-hybridized carbons (Fsp3) is 0.333. The molecule has 0 heterocycles. The van der Waals surface area contributed by atoms with Crippen LogP contribution in [-0.4, -0.2) is 46.9 Å². The number of carbonyl (C=O) groups is 2. The number of benzene rings is 1. The topological polar surface area (TPSA) is 89.9 Å². The van der Waals surface area contributed by atoms with Crippen LogP contribution in [0.3, 0.4) is 0 Å². The molecule has 0 aromatic heterocycles. The lowest BCUT2D eigenvalue weighted by Crippen LogP contribution is -2.34. The van der Waals surface area contributed by atoms with E-state index in [4.69, 9.17) is 5.11 Å². The standard InChI is InChI=1S/C12H13F3N2O4/c1-17(5-4-12(13,14)15)11(21)16-8-3-2-7(10(19)20)6-9(8)18/h2-3,6,18H,4-5H2,1H3,(H,16,21)(H,19,20). The minimum Gasteiger partial charge on any atom is -0.506 e. The maximum Gasteiger partial charge on any atom is 0.390 e. The van der Waals surface area contributed by atoms with Gasteiger partial charge in [0.2, 0.25) is 0 Å². The summed E-state index contributed by atoms with van der Waals surface area (Å²) in [4.78, 5) is 23.1. The van der Waals surface area contributed by atoms with Crippen molar-refractivity contribution in [3.05, 3.63) is 23.8 Å². The first-order chi connectivity index (χ1) is 9.60. The molecular formula is C12H13F3N2O4. The van der Waals surface area contributed by atoms with Crippen LogP contribution in [0.4, 0.5) is 23.7 Å². The summed E-state index contributed by atoms with van der Waals surface area (Å²) < 4.78 is 36.1. The van der Waals surface area contributed by atoms with Gasteiger partial charge in [-0.2, -0.15) is 13.2 Å². The number of hydrogen-bond acceptors (Lipinski definition) is 3. The number of halogens is 3. The van der Waals surface area contributed by atoms with Crippen LogP contribution < -0.4 is 5.32 Å². The Morgan fingerprint density at radius 1 is 1.33 bits per heavy atom. The Morgan fingerprint density at radius 3 is 2.43 bits per heavy atom. The molecule has 0 aliphatic rings. The number of rotatable bonds is 4. The van der Waals surface area contributed by atoms with Crippen LogP contribution in [0, 0.1) is 0 Å². The van der Waals surface area contributed by atoms with Crippen LogP contribution in [-0.2, 0) is 0 Å². The molecule has 1 rings (SSSR count).